The molecule has 0 N–H and O–H groups in total. The molecule has 1 saturated heterocycles. The van der Waals surface area contributed by atoms with Crippen LogP contribution in [0.25, 0.3) is 0 Å². The highest BCUT2D eigenvalue weighted by Gasteiger charge is 2.29. The molecule has 1 aromatic heterocycles. The van der Waals surface area contributed by atoms with E-state index in [0.717, 1.165) is 18.8 Å². The minimum absolute atomic E-state index is 0.0586. The molecule has 1 aliphatic heterocycles. The summed E-state index contributed by atoms with van der Waals surface area (Å²) in [5.41, 5.74) is 1.72. The highest BCUT2D eigenvalue weighted by Crippen LogP contribution is 2.19. The number of aromatic nitrogens is 2. The van der Waals surface area contributed by atoms with Crippen LogP contribution in [0.1, 0.15) is 30.6 Å². The number of aryl methyl sites for hydroxylation is 1. The SMILES string of the molecule is CCN(CC)c1ccc(C(=O)N2CCCN(S(=O)(=O)c3cnn(C)c3)CC2)cc1. The molecule has 29 heavy (non-hydrogen) atoms. The lowest BCUT2D eigenvalue weighted by Crippen LogP contribution is -2.37. The third kappa shape index (κ3) is 4.62. The zero-order chi connectivity index (χ0) is 21.0. The Labute approximate surface area is 172 Å². The van der Waals surface area contributed by atoms with Crippen molar-refractivity contribution in [2.45, 2.75) is 25.2 Å². The number of nitrogens with zero attached hydrogens (tertiary/aromatic N) is 5. The van der Waals surface area contributed by atoms with Crippen LogP contribution in [0.15, 0.2) is 41.6 Å². The van der Waals surface area contributed by atoms with Crippen LogP contribution in [0.5, 0.6) is 0 Å². The molecular weight excluding hydrogens is 390 g/mol. The average molecular weight is 420 g/mol. The van der Waals surface area contributed by atoms with Crippen molar-refractivity contribution in [3.8, 4) is 0 Å². The van der Waals surface area contributed by atoms with Crippen molar-refractivity contribution in [2.75, 3.05) is 44.2 Å². The molecule has 0 unspecified atom stereocenters. The second-order valence-corrected chi connectivity index (χ2v) is 9.06. The first-order valence-corrected chi connectivity index (χ1v) is 11.4. The molecular formula is C20H29N5O3S. The Morgan fingerprint density at radius 3 is 2.34 bits per heavy atom. The van der Waals surface area contributed by atoms with E-state index in [0.29, 0.717) is 31.6 Å². The predicted octanol–water partition coefficient (Wildman–Crippen LogP) is 1.80. The molecule has 0 saturated carbocycles. The normalized spacial score (nSPS) is 15.9. The van der Waals surface area contributed by atoms with Gasteiger partial charge in [-0.25, -0.2) is 8.42 Å². The van der Waals surface area contributed by atoms with Gasteiger partial charge in [0.05, 0.1) is 6.20 Å². The zero-order valence-corrected chi connectivity index (χ0v) is 18.1. The molecule has 0 aliphatic carbocycles. The van der Waals surface area contributed by atoms with Crippen molar-refractivity contribution in [3.05, 3.63) is 42.2 Å². The van der Waals surface area contributed by atoms with Crippen LogP contribution in [-0.2, 0) is 17.1 Å². The van der Waals surface area contributed by atoms with Crippen molar-refractivity contribution < 1.29 is 13.2 Å². The Kier molecular flexibility index (Phi) is 6.59. The van der Waals surface area contributed by atoms with E-state index in [9.17, 15) is 13.2 Å². The van der Waals surface area contributed by atoms with Gasteiger partial charge >= 0.3 is 0 Å². The van der Waals surface area contributed by atoms with Crippen LogP contribution in [-0.4, -0.2) is 72.6 Å². The van der Waals surface area contributed by atoms with Gasteiger partial charge in [0.25, 0.3) is 5.91 Å². The molecule has 8 nitrogen and oxygen atoms in total. The number of anilines is 1. The van der Waals surface area contributed by atoms with Gasteiger partial charge in [-0.2, -0.15) is 9.40 Å². The minimum atomic E-state index is -3.59. The minimum Gasteiger partial charge on any atom is -0.372 e. The van der Waals surface area contributed by atoms with Gasteiger partial charge in [-0.1, -0.05) is 0 Å². The number of rotatable bonds is 6. The molecule has 3 rings (SSSR count). The fourth-order valence-corrected chi connectivity index (χ4v) is 5.06. The lowest BCUT2D eigenvalue weighted by Gasteiger charge is -2.23. The van der Waals surface area contributed by atoms with E-state index < -0.39 is 10.0 Å². The standard InChI is InChI=1S/C20H29N5O3S/c1-4-23(5-2)18-9-7-17(8-10-18)20(26)24-11-6-12-25(14-13-24)29(27,28)19-15-21-22(3)16-19/h7-10,15-16H,4-6,11-14H2,1-3H3. The van der Waals surface area contributed by atoms with Crippen LogP contribution < -0.4 is 4.90 Å². The average Bonchev–Trinajstić information content (AvgIpc) is 3.01. The number of carbonyl (C=O) groups excluding carboxylic acids is 1. The topological polar surface area (TPSA) is 78.8 Å². The maximum Gasteiger partial charge on any atom is 0.253 e. The summed E-state index contributed by atoms with van der Waals surface area (Å²) in [7, 11) is -1.90. The van der Waals surface area contributed by atoms with Crippen LogP contribution in [0.4, 0.5) is 5.69 Å². The summed E-state index contributed by atoms with van der Waals surface area (Å²) in [6, 6.07) is 7.64. The lowest BCUT2D eigenvalue weighted by atomic mass is 10.1. The van der Waals surface area contributed by atoms with Crippen molar-refractivity contribution >= 4 is 21.6 Å². The van der Waals surface area contributed by atoms with Gasteiger partial charge in [-0.3, -0.25) is 9.48 Å². The van der Waals surface area contributed by atoms with Gasteiger partial charge in [0, 0.05) is 63.8 Å². The first-order chi connectivity index (χ1) is 13.9. The highest BCUT2D eigenvalue weighted by atomic mass is 32.2. The van der Waals surface area contributed by atoms with Gasteiger partial charge in [0.1, 0.15) is 4.90 Å². The molecule has 2 heterocycles. The summed E-state index contributed by atoms with van der Waals surface area (Å²) >= 11 is 0. The second-order valence-electron chi connectivity index (χ2n) is 7.12. The summed E-state index contributed by atoms with van der Waals surface area (Å²) in [4.78, 5) is 17.1. The van der Waals surface area contributed by atoms with Crippen LogP contribution in [0.3, 0.4) is 0 Å². The van der Waals surface area contributed by atoms with E-state index >= 15 is 0 Å². The summed E-state index contributed by atoms with van der Waals surface area (Å²) in [6.07, 6.45) is 3.46. The second kappa shape index (κ2) is 8.96. The van der Waals surface area contributed by atoms with Gasteiger partial charge in [-0.05, 0) is 44.5 Å². The molecule has 0 spiro atoms. The smallest absolute Gasteiger partial charge is 0.253 e. The van der Waals surface area contributed by atoms with E-state index in [2.05, 4.69) is 23.8 Å². The van der Waals surface area contributed by atoms with Crippen molar-refractivity contribution in [1.82, 2.24) is 19.0 Å². The lowest BCUT2D eigenvalue weighted by molar-refractivity contribution is 0.0764. The Hall–Kier alpha value is -2.39. The molecule has 0 bridgehead atoms. The van der Waals surface area contributed by atoms with Gasteiger partial charge < -0.3 is 9.80 Å². The van der Waals surface area contributed by atoms with E-state index in [1.807, 2.05) is 24.3 Å². The maximum atomic E-state index is 12.9. The Morgan fingerprint density at radius 2 is 1.76 bits per heavy atom. The Bertz CT molecular complexity index is 935. The largest absolute Gasteiger partial charge is 0.372 e. The van der Waals surface area contributed by atoms with Gasteiger partial charge in [0.2, 0.25) is 10.0 Å². The van der Waals surface area contributed by atoms with Crippen molar-refractivity contribution in [1.29, 1.82) is 0 Å². The maximum absolute atomic E-state index is 12.9. The number of sulfonamides is 1. The number of carbonyl (C=O) groups is 1. The Morgan fingerprint density at radius 1 is 1.07 bits per heavy atom. The molecule has 1 aliphatic rings. The third-order valence-electron chi connectivity index (χ3n) is 5.30. The Balaban J connectivity index is 1.68. The molecule has 0 radical (unpaired) electrons. The zero-order valence-electron chi connectivity index (χ0n) is 17.3. The first-order valence-electron chi connectivity index (χ1n) is 10.00. The number of amides is 1. The predicted molar refractivity (Wildman–Crippen MR) is 112 cm³/mol. The first kappa shape index (κ1) is 21.3. The fraction of sp³-hybridized carbons (Fsp3) is 0.500. The van der Waals surface area contributed by atoms with Gasteiger partial charge in [0.15, 0.2) is 0 Å². The van der Waals surface area contributed by atoms with Crippen LogP contribution in [0, 0.1) is 0 Å². The molecule has 1 fully saturated rings. The highest BCUT2D eigenvalue weighted by molar-refractivity contribution is 7.89. The number of hydrogen-bond acceptors (Lipinski definition) is 5. The third-order valence-corrected chi connectivity index (χ3v) is 7.16. The molecule has 1 aromatic carbocycles. The van der Waals surface area contributed by atoms with Crippen LogP contribution in [0.2, 0.25) is 0 Å². The summed E-state index contributed by atoms with van der Waals surface area (Å²) in [5.74, 6) is -0.0586. The van der Waals surface area contributed by atoms with E-state index in [4.69, 9.17) is 0 Å². The van der Waals surface area contributed by atoms with Crippen molar-refractivity contribution in [2.24, 2.45) is 7.05 Å². The van der Waals surface area contributed by atoms with Crippen molar-refractivity contribution in [3.63, 3.8) is 0 Å². The van der Waals surface area contributed by atoms with E-state index in [1.54, 1.807) is 11.9 Å². The van der Waals surface area contributed by atoms with E-state index in [1.165, 1.54) is 21.4 Å². The summed E-state index contributed by atoms with van der Waals surface area (Å²) in [6.45, 7) is 7.61. The van der Waals surface area contributed by atoms with Crippen LogP contribution >= 0.6 is 0 Å². The molecule has 9 heteroatoms. The summed E-state index contributed by atoms with van der Waals surface area (Å²) < 4.78 is 28.6. The number of benzene rings is 1. The monoisotopic (exact) mass is 419 g/mol. The van der Waals surface area contributed by atoms with Gasteiger partial charge in [-0.15, -0.1) is 0 Å². The summed E-state index contributed by atoms with van der Waals surface area (Å²) in [5, 5.41) is 3.96. The van der Waals surface area contributed by atoms with E-state index in [-0.39, 0.29) is 17.3 Å². The quantitative estimate of drug-likeness (QED) is 0.713. The molecule has 0 atom stereocenters. The fourth-order valence-electron chi connectivity index (χ4n) is 3.60. The number of hydrogen-bond donors (Lipinski definition) is 0. The molecule has 2 aromatic rings. The molecule has 158 valence electrons. The molecule has 1 amide bonds.